The zero-order chi connectivity index (χ0) is 13.1. The number of rotatable bonds is 5. The van der Waals surface area contributed by atoms with Gasteiger partial charge in [-0.25, -0.2) is 4.98 Å². The van der Waals surface area contributed by atoms with Crippen molar-refractivity contribution in [3.63, 3.8) is 0 Å². The van der Waals surface area contributed by atoms with Crippen molar-refractivity contribution in [1.29, 1.82) is 0 Å². The van der Waals surface area contributed by atoms with Crippen LogP contribution in [0.5, 0.6) is 0 Å². The summed E-state index contributed by atoms with van der Waals surface area (Å²) in [6, 6.07) is 0. The first-order chi connectivity index (χ1) is 7.92. The average Bonchev–Trinajstić information content (AvgIpc) is 2.64. The standard InChI is InChI=1S/C12H21N3O2/c1-5-12(4,7-13)11(16)14-6-10-15-8(2)9(3)17-10/h5-7,13H2,1-4H3,(H,14,16). The van der Waals surface area contributed by atoms with E-state index in [-0.39, 0.29) is 5.91 Å². The molecular weight excluding hydrogens is 218 g/mol. The zero-order valence-corrected chi connectivity index (χ0v) is 11.0. The molecule has 0 fully saturated rings. The summed E-state index contributed by atoms with van der Waals surface area (Å²) >= 11 is 0. The maximum Gasteiger partial charge on any atom is 0.227 e. The summed E-state index contributed by atoms with van der Waals surface area (Å²) in [7, 11) is 0. The minimum atomic E-state index is -0.517. The van der Waals surface area contributed by atoms with Gasteiger partial charge in [-0.3, -0.25) is 4.79 Å². The van der Waals surface area contributed by atoms with E-state index < -0.39 is 5.41 Å². The normalized spacial score (nSPS) is 14.4. The van der Waals surface area contributed by atoms with E-state index in [2.05, 4.69) is 10.3 Å². The first kappa shape index (κ1) is 13.7. The third-order valence-electron chi connectivity index (χ3n) is 3.25. The van der Waals surface area contributed by atoms with Gasteiger partial charge in [-0.15, -0.1) is 0 Å². The molecule has 1 amide bonds. The topological polar surface area (TPSA) is 81.2 Å². The van der Waals surface area contributed by atoms with Gasteiger partial charge in [0.05, 0.1) is 17.7 Å². The van der Waals surface area contributed by atoms with Gasteiger partial charge in [0, 0.05) is 6.54 Å². The van der Waals surface area contributed by atoms with Crippen LogP contribution in [0.1, 0.15) is 37.6 Å². The lowest BCUT2D eigenvalue weighted by Crippen LogP contribution is -2.43. The lowest BCUT2D eigenvalue weighted by Gasteiger charge is -2.24. The van der Waals surface area contributed by atoms with Crippen molar-refractivity contribution < 1.29 is 9.21 Å². The second kappa shape index (κ2) is 5.31. The molecule has 1 heterocycles. The second-order valence-electron chi connectivity index (χ2n) is 4.55. The van der Waals surface area contributed by atoms with E-state index in [1.807, 2.05) is 27.7 Å². The Kier molecular flexibility index (Phi) is 4.28. The highest BCUT2D eigenvalue weighted by Gasteiger charge is 2.29. The van der Waals surface area contributed by atoms with E-state index in [0.717, 1.165) is 11.5 Å². The fourth-order valence-electron chi connectivity index (χ4n) is 1.38. The van der Waals surface area contributed by atoms with Crippen LogP contribution in [0.2, 0.25) is 0 Å². The largest absolute Gasteiger partial charge is 0.444 e. The van der Waals surface area contributed by atoms with E-state index >= 15 is 0 Å². The van der Waals surface area contributed by atoms with Crippen LogP contribution in [0, 0.1) is 19.3 Å². The minimum Gasteiger partial charge on any atom is -0.444 e. The molecule has 3 N–H and O–H groups in total. The Morgan fingerprint density at radius 3 is 2.59 bits per heavy atom. The van der Waals surface area contributed by atoms with Crippen LogP contribution in [-0.4, -0.2) is 17.4 Å². The zero-order valence-electron chi connectivity index (χ0n) is 11.0. The van der Waals surface area contributed by atoms with Gasteiger partial charge in [0.2, 0.25) is 11.8 Å². The van der Waals surface area contributed by atoms with Crippen molar-refractivity contribution in [3.8, 4) is 0 Å². The average molecular weight is 239 g/mol. The Morgan fingerprint density at radius 1 is 1.53 bits per heavy atom. The summed E-state index contributed by atoms with van der Waals surface area (Å²) in [4.78, 5) is 16.1. The van der Waals surface area contributed by atoms with E-state index in [1.54, 1.807) is 0 Å². The maximum atomic E-state index is 11.9. The van der Waals surface area contributed by atoms with Crippen molar-refractivity contribution in [3.05, 3.63) is 17.3 Å². The van der Waals surface area contributed by atoms with E-state index in [4.69, 9.17) is 10.2 Å². The van der Waals surface area contributed by atoms with Crippen LogP contribution in [0.3, 0.4) is 0 Å². The Balaban J connectivity index is 2.59. The monoisotopic (exact) mass is 239 g/mol. The van der Waals surface area contributed by atoms with Gasteiger partial charge in [-0.1, -0.05) is 6.92 Å². The molecule has 0 aromatic carbocycles. The number of oxazole rings is 1. The van der Waals surface area contributed by atoms with Gasteiger partial charge in [0.15, 0.2) is 0 Å². The van der Waals surface area contributed by atoms with Crippen LogP contribution < -0.4 is 11.1 Å². The molecule has 0 saturated heterocycles. The molecule has 0 spiro atoms. The lowest BCUT2D eigenvalue weighted by molar-refractivity contribution is -0.130. The van der Waals surface area contributed by atoms with Crippen LogP contribution in [0.25, 0.3) is 0 Å². The number of nitrogens with zero attached hydrogens (tertiary/aromatic N) is 1. The van der Waals surface area contributed by atoms with E-state index in [0.29, 0.717) is 25.4 Å². The van der Waals surface area contributed by atoms with Gasteiger partial charge in [-0.2, -0.15) is 0 Å². The fraction of sp³-hybridized carbons (Fsp3) is 0.667. The van der Waals surface area contributed by atoms with Crippen molar-refractivity contribution in [1.82, 2.24) is 10.3 Å². The molecule has 5 nitrogen and oxygen atoms in total. The number of hydrogen-bond donors (Lipinski definition) is 2. The third-order valence-corrected chi connectivity index (χ3v) is 3.25. The summed E-state index contributed by atoms with van der Waals surface area (Å²) < 4.78 is 5.39. The molecule has 0 aliphatic heterocycles. The number of amides is 1. The Hall–Kier alpha value is -1.36. The van der Waals surface area contributed by atoms with Crippen LogP contribution in [0.15, 0.2) is 4.42 Å². The van der Waals surface area contributed by atoms with E-state index in [9.17, 15) is 4.79 Å². The maximum absolute atomic E-state index is 11.9. The fourth-order valence-corrected chi connectivity index (χ4v) is 1.38. The number of nitrogens with two attached hydrogens (primary N) is 1. The molecule has 1 aromatic heterocycles. The number of aromatic nitrogens is 1. The SMILES string of the molecule is CCC(C)(CN)C(=O)NCc1nc(C)c(C)o1. The summed E-state index contributed by atoms with van der Waals surface area (Å²) in [6.07, 6.45) is 0.707. The van der Waals surface area contributed by atoms with Gasteiger partial charge in [-0.05, 0) is 27.2 Å². The smallest absolute Gasteiger partial charge is 0.227 e. The summed E-state index contributed by atoms with van der Waals surface area (Å²) in [5.74, 6) is 1.26. The van der Waals surface area contributed by atoms with Gasteiger partial charge in [0.25, 0.3) is 0 Å². The number of carbonyl (C=O) groups excluding carboxylic acids is 1. The molecule has 5 heteroatoms. The highest BCUT2D eigenvalue weighted by Crippen LogP contribution is 2.19. The van der Waals surface area contributed by atoms with Crippen molar-refractivity contribution in [2.24, 2.45) is 11.1 Å². The minimum absolute atomic E-state index is 0.0593. The predicted octanol–water partition coefficient (Wildman–Crippen LogP) is 1.28. The number of nitrogens with one attached hydrogen (secondary N) is 1. The van der Waals surface area contributed by atoms with E-state index in [1.165, 1.54) is 0 Å². The lowest BCUT2D eigenvalue weighted by atomic mass is 9.87. The molecule has 0 aliphatic rings. The summed E-state index contributed by atoms with van der Waals surface area (Å²) in [5, 5.41) is 2.81. The molecule has 1 atom stereocenters. The van der Waals surface area contributed by atoms with Gasteiger partial charge < -0.3 is 15.5 Å². The van der Waals surface area contributed by atoms with Crippen LogP contribution in [-0.2, 0) is 11.3 Å². The van der Waals surface area contributed by atoms with Crippen molar-refractivity contribution >= 4 is 5.91 Å². The number of carbonyl (C=O) groups is 1. The second-order valence-corrected chi connectivity index (χ2v) is 4.55. The molecule has 1 aromatic rings. The highest BCUT2D eigenvalue weighted by atomic mass is 16.4. The Bertz CT molecular complexity index is 375. The molecule has 1 rings (SSSR count). The molecule has 17 heavy (non-hydrogen) atoms. The Labute approximate surface area is 102 Å². The molecule has 1 unspecified atom stereocenters. The third kappa shape index (κ3) is 3.06. The number of aryl methyl sites for hydroxylation is 2. The molecule has 0 radical (unpaired) electrons. The Morgan fingerprint density at radius 2 is 2.18 bits per heavy atom. The molecule has 0 bridgehead atoms. The number of hydrogen-bond acceptors (Lipinski definition) is 4. The van der Waals surface area contributed by atoms with Gasteiger partial charge >= 0.3 is 0 Å². The molecule has 0 aliphatic carbocycles. The van der Waals surface area contributed by atoms with Crippen LogP contribution >= 0.6 is 0 Å². The quantitative estimate of drug-likeness (QED) is 0.811. The predicted molar refractivity (Wildman–Crippen MR) is 65.3 cm³/mol. The molecule has 0 saturated carbocycles. The van der Waals surface area contributed by atoms with Crippen molar-refractivity contribution in [2.75, 3.05) is 6.54 Å². The first-order valence-electron chi connectivity index (χ1n) is 5.84. The highest BCUT2D eigenvalue weighted by molar-refractivity contribution is 5.82. The first-order valence-corrected chi connectivity index (χ1v) is 5.84. The van der Waals surface area contributed by atoms with Crippen LogP contribution in [0.4, 0.5) is 0 Å². The van der Waals surface area contributed by atoms with Gasteiger partial charge in [0.1, 0.15) is 5.76 Å². The summed E-state index contributed by atoms with van der Waals surface area (Å²) in [6.45, 7) is 8.17. The summed E-state index contributed by atoms with van der Waals surface area (Å²) in [5.41, 5.74) is 5.95. The molecule has 96 valence electrons. The molecular formula is C12H21N3O2. The van der Waals surface area contributed by atoms with Crippen molar-refractivity contribution in [2.45, 2.75) is 40.7 Å².